The molecule has 0 aliphatic rings. The largest absolute Gasteiger partial charge is 0.415 e. The van der Waals surface area contributed by atoms with Gasteiger partial charge in [-0.3, -0.25) is 4.79 Å². The van der Waals surface area contributed by atoms with Gasteiger partial charge in [0.1, 0.15) is 5.82 Å². The van der Waals surface area contributed by atoms with Gasteiger partial charge < -0.3 is 28.5 Å². The molecule has 0 bridgehead atoms. The number of nitrogens with zero attached hydrogens (tertiary/aromatic N) is 3. The molecule has 0 aliphatic heterocycles. The highest BCUT2D eigenvalue weighted by atomic mass is 28.4. The summed E-state index contributed by atoms with van der Waals surface area (Å²) in [5.41, 5.74) is 1.50. The molecule has 238 valence electrons. The van der Waals surface area contributed by atoms with Crippen molar-refractivity contribution in [1.29, 1.82) is 0 Å². The maximum absolute atomic E-state index is 14.9. The number of benzene rings is 1. The molecule has 3 aromatic rings. The van der Waals surface area contributed by atoms with Crippen LogP contribution in [0.2, 0.25) is 31.2 Å². The minimum absolute atomic E-state index is 0.0447. The highest BCUT2D eigenvalue weighted by Crippen LogP contribution is 2.38. The second kappa shape index (κ2) is 13.5. The fourth-order valence-corrected chi connectivity index (χ4v) is 6.61. The lowest BCUT2D eigenvalue weighted by Crippen LogP contribution is -2.51. The smallest absolute Gasteiger partial charge is 0.316 e. The fraction of sp³-hybridized carbons (Fsp3) is 0.581. The van der Waals surface area contributed by atoms with Gasteiger partial charge in [0.2, 0.25) is 0 Å². The second-order valence-corrected chi connectivity index (χ2v) is 21.2. The van der Waals surface area contributed by atoms with Crippen LogP contribution in [0.4, 0.5) is 21.8 Å². The molecule has 2 heterocycles. The maximum Gasteiger partial charge on any atom is 0.316 e. The van der Waals surface area contributed by atoms with Crippen LogP contribution in [0.3, 0.4) is 0 Å². The van der Waals surface area contributed by atoms with Gasteiger partial charge in [0, 0.05) is 19.3 Å². The number of nitrogens with one attached hydrogen (secondary N) is 2. The Morgan fingerprint density at radius 1 is 1.09 bits per heavy atom. The Morgan fingerprint density at radius 2 is 1.77 bits per heavy atom. The molecule has 0 spiro atoms. The van der Waals surface area contributed by atoms with Crippen molar-refractivity contribution in [1.82, 2.24) is 14.8 Å². The molecule has 0 aliphatic carbocycles. The first kappa shape index (κ1) is 34.7. The van der Waals surface area contributed by atoms with Gasteiger partial charge in [0.25, 0.3) is 11.4 Å². The van der Waals surface area contributed by atoms with Gasteiger partial charge in [-0.15, -0.1) is 5.10 Å². The summed E-state index contributed by atoms with van der Waals surface area (Å²) in [6.07, 6.45) is 2.14. The first-order chi connectivity index (χ1) is 19.8. The van der Waals surface area contributed by atoms with Crippen LogP contribution >= 0.6 is 0 Å². The minimum Gasteiger partial charge on any atom is -0.415 e. The van der Waals surface area contributed by atoms with Gasteiger partial charge in [0.15, 0.2) is 17.4 Å². The zero-order chi connectivity index (χ0) is 32.3. The third kappa shape index (κ3) is 8.87. The molecule has 0 radical (unpaired) electrons. The Labute approximate surface area is 258 Å². The zero-order valence-electron chi connectivity index (χ0n) is 27.9. The standard InChI is InChI=1S/C31H50FN5O4Si2/c1-13-20-14-15-23(22(32)16-20)33-24-17-26(38)37(8)18-21(24)28-35-36-29(40-28)34-25(19-39-43(11,12)31(5,6)7)27(30(2,3)4)41-42(9)10/h14-18,25,27,33,42H,13,19H2,1-12H3,(H,34,36). The van der Waals surface area contributed by atoms with Gasteiger partial charge in [-0.2, -0.15) is 0 Å². The van der Waals surface area contributed by atoms with Crippen molar-refractivity contribution < 1.29 is 17.7 Å². The van der Waals surface area contributed by atoms with Gasteiger partial charge in [0.05, 0.1) is 35.7 Å². The van der Waals surface area contributed by atoms with Crippen molar-refractivity contribution in [2.75, 3.05) is 17.2 Å². The Hall–Kier alpha value is -2.81. The van der Waals surface area contributed by atoms with E-state index in [4.69, 9.17) is 13.3 Å². The first-order valence-corrected chi connectivity index (χ1v) is 20.7. The van der Waals surface area contributed by atoms with Gasteiger partial charge >= 0.3 is 6.01 Å². The monoisotopic (exact) mass is 631 g/mol. The van der Waals surface area contributed by atoms with E-state index in [2.05, 4.69) is 88.6 Å². The molecule has 2 unspecified atom stereocenters. The molecule has 2 N–H and O–H groups in total. The van der Waals surface area contributed by atoms with Crippen molar-refractivity contribution in [3.8, 4) is 11.5 Å². The number of hydrogen-bond donors (Lipinski definition) is 2. The van der Waals surface area contributed by atoms with Gasteiger partial charge in [-0.1, -0.05) is 59.6 Å². The van der Waals surface area contributed by atoms with Gasteiger partial charge in [-0.05, 0) is 60.8 Å². The van der Waals surface area contributed by atoms with Crippen molar-refractivity contribution in [3.05, 3.63) is 52.2 Å². The SMILES string of the molecule is CCc1ccc(Nc2cc(=O)n(C)cc2-c2nnc(NC(CO[Si](C)(C)C(C)(C)C)C(O[SiH](C)C)C(C)(C)C)o2)c(F)c1. The van der Waals surface area contributed by atoms with E-state index in [1.165, 1.54) is 16.7 Å². The summed E-state index contributed by atoms with van der Waals surface area (Å²) in [6, 6.07) is 6.33. The van der Waals surface area contributed by atoms with E-state index >= 15 is 0 Å². The van der Waals surface area contributed by atoms with Crippen LogP contribution in [0.1, 0.15) is 54.0 Å². The molecule has 2 aromatic heterocycles. The molecule has 9 nitrogen and oxygen atoms in total. The molecule has 12 heteroatoms. The van der Waals surface area contributed by atoms with Crippen LogP contribution < -0.4 is 16.2 Å². The number of hydrogen-bond acceptors (Lipinski definition) is 8. The molecule has 0 fully saturated rings. The lowest BCUT2D eigenvalue weighted by atomic mass is 9.85. The summed E-state index contributed by atoms with van der Waals surface area (Å²) >= 11 is 0. The van der Waals surface area contributed by atoms with Gasteiger partial charge in [-0.25, -0.2) is 4.39 Å². The molecule has 0 amide bonds. The van der Waals surface area contributed by atoms with E-state index in [0.29, 0.717) is 24.3 Å². The summed E-state index contributed by atoms with van der Waals surface area (Å²) < 4.78 is 35.6. The molecule has 3 rings (SSSR count). The maximum atomic E-state index is 14.9. The van der Waals surface area contributed by atoms with Crippen LogP contribution in [0, 0.1) is 11.2 Å². The average Bonchev–Trinajstić information content (AvgIpc) is 3.35. The Kier molecular flexibility index (Phi) is 10.8. The minimum atomic E-state index is -2.07. The Balaban J connectivity index is 1.98. The lowest BCUT2D eigenvalue weighted by Gasteiger charge is -2.42. The molecular weight excluding hydrogens is 582 g/mol. The Morgan fingerprint density at radius 3 is 2.33 bits per heavy atom. The number of rotatable bonds is 12. The summed E-state index contributed by atoms with van der Waals surface area (Å²) in [6.45, 7) is 24.3. The highest BCUT2D eigenvalue weighted by Gasteiger charge is 2.40. The fourth-order valence-electron chi connectivity index (χ4n) is 4.39. The van der Waals surface area contributed by atoms with E-state index < -0.39 is 23.2 Å². The summed E-state index contributed by atoms with van der Waals surface area (Å²) in [5.74, 6) is -0.230. The van der Waals surface area contributed by atoms with Crippen molar-refractivity contribution in [2.24, 2.45) is 12.5 Å². The predicted octanol–water partition coefficient (Wildman–Crippen LogP) is 7.10. The summed E-state index contributed by atoms with van der Waals surface area (Å²) in [4.78, 5) is 12.6. The van der Waals surface area contributed by atoms with Crippen LogP contribution in [0.15, 0.2) is 39.7 Å². The third-order valence-corrected chi connectivity index (χ3v) is 13.3. The summed E-state index contributed by atoms with van der Waals surface area (Å²) in [5, 5.41) is 15.1. The van der Waals surface area contributed by atoms with Crippen LogP contribution in [0.5, 0.6) is 0 Å². The average molecular weight is 632 g/mol. The number of anilines is 3. The Bertz CT molecular complexity index is 1440. The highest BCUT2D eigenvalue weighted by molar-refractivity contribution is 6.74. The quantitative estimate of drug-likeness (QED) is 0.204. The first-order valence-electron chi connectivity index (χ1n) is 15.0. The molecule has 0 saturated carbocycles. The van der Waals surface area contributed by atoms with Crippen molar-refractivity contribution >= 4 is 34.7 Å². The topological polar surface area (TPSA) is 103 Å². The molecule has 2 atom stereocenters. The molecular formula is C31H50FN5O4Si2. The van der Waals surface area contributed by atoms with Crippen LogP contribution in [0.25, 0.3) is 11.5 Å². The molecule has 1 aromatic carbocycles. The number of aromatic nitrogens is 3. The van der Waals surface area contributed by atoms with E-state index in [1.54, 1.807) is 19.3 Å². The lowest BCUT2D eigenvalue weighted by molar-refractivity contribution is 0.0503. The predicted molar refractivity (Wildman–Crippen MR) is 178 cm³/mol. The van der Waals surface area contributed by atoms with Crippen molar-refractivity contribution in [3.63, 3.8) is 0 Å². The summed E-state index contributed by atoms with van der Waals surface area (Å²) in [7, 11) is -1.85. The van der Waals surface area contributed by atoms with Crippen LogP contribution in [-0.4, -0.2) is 50.9 Å². The molecule has 43 heavy (non-hydrogen) atoms. The normalized spacial score (nSPS) is 14.2. The molecule has 0 saturated heterocycles. The second-order valence-electron chi connectivity index (χ2n) is 14.0. The van der Waals surface area contributed by atoms with Crippen molar-refractivity contribution in [2.45, 2.75) is 98.3 Å². The number of halogens is 1. The van der Waals surface area contributed by atoms with E-state index in [1.807, 2.05) is 13.0 Å². The van der Waals surface area contributed by atoms with Crippen LogP contribution in [-0.2, 0) is 22.3 Å². The van der Waals surface area contributed by atoms with E-state index in [-0.39, 0.29) is 45.8 Å². The number of pyridine rings is 1. The third-order valence-electron chi connectivity index (χ3n) is 7.97. The number of aryl methyl sites for hydroxylation is 2. The zero-order valence-corrected chi connectivity index (χ0v) is 30.0. The van der Waals surface area contributed by atoms with E-state index in [9.17, 15) is 9.18 Å². The van der Waals surface area contributed by atoms with E-state index in [0.717, 1.165) is 5.56 Å².